The Kier molecular flexibility index (Phi) is 5.40. The molecule has 0 radical (unpaired) electrons. The van der Waals surface area contributed by atoms with Gasteiger partial charge in [-0.25, -0.2) is 13.4 Å². The highest BCUT2D eigenvalue weighted by Crippen LogP contribution is 2.24. The van der Waals surface area contributed by atoms with Crippen LogP contribution in [0.2, 0.25) is 0 Å². The smallest absolute Gasteiger partial charge is 0.260 e. The van der Waals surface area contributed by atoms with E-state index in [2.05, 4.69) is 9.97 Å². The third kappa shape index (κ3) is 3.84. The highest BCUT2D eigenvalue weighted by atomic mass is 32.2. The summed E-state index contributed by atoms with van der Waals surface area (Å²) in [5.74, 6) is 1.17. The van der Waals surface area contributed by atoms with E-state index >= 15 is 0 Å². The van der Waals surface area contributed by atoms with Gasteiger partial charge < -0.3 is 9.72 Å². The number of nitrogens with zero attached hydrogens (tertiary/aromatic N) is 2. The summed E-state index contributed by atoms with van der Waals surface area (Å²) in [6.45, 7) is 8.31. The van der Waals surface area contributed by atoms with E-state index in [9.17, 15) is 8.42 Å². The summed E-state index contributed by atoms with van der Waals surface area (Å²) in [6.07, 6.45) is 3.32. The Morgan fingerprint density at radius 1 is 1.52 bits per heavy atom. The second-order valence-corrected chi connectivity index (χ2v) is 7.72. The van der Waals surface area contributed by atoms with E-state index in [-0.39, 0.29) is 16.9 Å². The van der Waals surface area contributed by atoms with Gasteiger partial charge in [-0.3, -0.25) is 0 Å². The van der Waals surface area contributed by atoms with Crippen LogP contribution < -0.4 is 0 Å². The molecule has 7 heteroatoms. The largest absolute Gasteiger partial charge is 0.381 e. The molecule has 1 saturated heterocycles. The standard InChI is InChI=1S/C14H25N3O3S/c1-4-20-10-12-6-5-7-17(9-12)21(18,19)13-8-15-14(16-13)11(2)3/h8,11-12H,4-7,9-10H2,1-3H3,(H,15,16)/t12-/m0/s1. The van der Waals surface area contributed by atoms with Crippen LogP contribution in [0.4, 0.5) is 0 Å². The summed E-state index contributed by atoms with van der Waals surface area (Å²) in [7, 11) is -3.47. The summed E-state index contributed by atoms with van der Waals surface area (Å²) >= 11 is 0. The van der Waals surface area contributed by atoms with Crippen molar-refractivity contribution in [1.29, 1.82) is 0 Å². The highest BCUT2D eigenvalue weighted by molar-refractivity contribution is 7.89. The van der Waals surface area contributed by atoms with Crippen molar-refractivity contribution in [1.82, 2.24) is 14.3 Å². The number of imidazole rings is 1. The Labute approximate surface area is 127 Å². The average Bonchev–Trinajstić information content (AvgIpc) is 2.96. The normalized spacial score (nSPS) is 21.0. The minimum absolute atomic E-state index is 0.181. The molecular formula is C14H25N3O3S. The van der Waals surface area contributed by atoms with Crippen LogP contribution >= 0.6 is 0 Å². The quantitative estimate of drug-likeness (QED) is 0.871. The molecule has 2 heterocycles. The molecule has 0 amide bonds. The zero-order chi connectivity index (χ0) is 15.5. The van der Waals surface area contributed by atoms with Gasteiger partial charge in [-0.2, -0.15) is 4.31 Å². The maximum absolute atomic E-state index is 12.7. The zero-order valence-electron chi connectivity index (χ0n) is 13.0. The molecule has 0 aliphatic carbocycles. The first-order chi connectivity index (χ1) is 9.95. The Morgan fingerprint density at radius 2 is 2.29 bits per heavy atom. The van der Waals surface area contributed by atoms with Crippen molar-refractivity contribution >= 4 is 10.0 Å². The van der Waals surface area contributed by atoms with E-state index in [0.717, 1.165) is 12.8 Å². The maximum atomic E-state index is 12.7. The minimum Gasteiger partial charge on any atom is -0.381 e. The first kappa shape index (κ1) is 16.5. The number of H-pyrrole nitrogens is 1. The number of aromatic amines is 1. The van der Waals surface area contributed by atoms with E-state index in [0.29, 0.717) is 32.1 Å². The van der Waals surface area contributed by atoms with Gasteiger partial charge >= 0.3 is 0 Å². The summed E-state index contributed by atoms with van der Waals surface area (Å²) < 4.78 is 32.3. The highest BCUT2D eigenvalue weighted by Gasteiger charge is 2.31. The number of hydrogen-bond donors (Lipinski definition) is 1. The Morgan fingerprint density at radius 3 is 2.90 bits per heavy atom. The Hall–Kier alpha value is -0.920. The van der Waals surface area contributed by atoms with Crippen LogP contribution in [0, 0.1) is 5.92 Å². The Balaban J connectivity index is 2.10. The first-order valence-corrected chi connectivity index (χ1v) is 9.02. The Bertz CT molecular complexity index is 554. The van der Waals surface area contributed by atoms with E-state index in [1.807, 2.05) is 20.8 Å². The first-order valence-electron chi connectivity index (χ1n) is 7.58. The third-order valence-corrected chi connectivity index (χ3v) is 5.55. The fourth-order valence-corrected chi connectivity index (χ4v) is 4.02. The molecule has 0 saturated carbocycles. The van der Waals surface area contributed by atoms with E-state index in [4.69, 9.17) is 4.74 Å². The molecular weight excluding hydrogens is 290 g/mol. The van der Waals surface area contributed by atoms with Gasteiger partial charge in [-0.1, -0.05) is 13.8 Å². The lowest BCUT2D eigenvalue weighted by molar-refractivity contribution is 0.0864. The predicted octanol–water partition coefficient (Wildman–Crippen LogP) is 1.97. The fraction of sp³-hybridized carbons (Fsp3) is 0.786. The van der Waals surface area contributed by atoms with Crippen LogP contribution in [0.15, 0.2) is 11.2 Å². The van der Waals surface area contributed by atoms with Gasteiger partial charge in [0, 0.05) is 25.6 Å². The van der Waals surface area contributed by atoms with Crippen molar-refractivity contribution in [3.8, 4) is 0 Å². The molecule has 21 heavy (non-hydrogen) atoms. The topological polar surface area (TPSA) is 75.3 Å². The van der Waals surface area contributed by atoms with Crippen molar-refractivity contribution in [2.24, 2.45) is 5.92 Å². The number of sulfonamides is 1. The fourth-order valence-electron chi connectivity index (χ4n) is 2.55. The second-order valence-electron chi connectivity index (χ2n) is 5.82. The summed E-state index contributed by atoms with van der Waals surface area (Å²) in [5.41, 5.74) is 0. The van der Waals surface area contributed by atoms with Gasteiger partial charge in [-0.15, -0.1) is 0 Å². The summed E-state index contributed by atoms with van der Waals surface area (Å²) in [6, 6.07) is 0. The average molecular weight is 315 g/mol. The van der Waals surface area contributed by atoms with Crippen LogP contribution in [0.25, 0.3) is 0 Å². The summed E-state index contributed by atoms with van der Waals surface area (Å²) in [5, 5.41) is 0.197. The molecule has 1 aromatic heterocycles. The summed E-state index contributed by atoms with van der Waals surface area (Å²) in [4.78, 5) is 7.10. The van der Waals surface area contributed by atoms with Crippen LogP contribution in [-0.2, 0) is 14.8 Å². The lowest BCUT2D eigenvalue weighted by Gasteiger charge is -2.31. The molecule has 1 N–H and O–H groups in total. The molecule has 0 spiro atoms. The van der Waals surface area contributed by atoms with Crippen molar-refractivity contribution in [3.05, 3.63) is 12.0 Å². The van der Waals surface area contributed by atoms with Crippen molar-refractivity contribution < 1.29 is 13.2 Å². The third-order valence-electron chi connectivity index (χ3n) is 3.78. The molecule has 0 unspecified atom stereocenters. The lowest BCUT2D eigenvalue weighted by atomic mass is 10.0. The minimum atomic E-state index is -3.47. The van der Waals surface area contributed by atoms with Gasteiger partial charge in [0.2, 0.25) is 0 Å². The molecule has 6 nitrogen and oxygen atoms in total. The molecule has 2 rings (SSSR count). The molecule has 0 bridgehead atoms. The number of rotatable bonds is 6. The van der Waals surface area contributed by atoms with Crippen molar-refractivity contribution in [2.75, 3.05) is 26.3 Å². The van der Waals surface area contributed by atoms with Gasteiger partial charge in [0.25, 0.3) is 10.0 Å². The molecule has 1 atom stereocenters. The molecule has 0 aromatic carbocycles. The van der Waals surface area contributed by atoms with Crippen LogP contribution in [-0.4, -0.2) is 49.0 Å². The predicted molar refractivity (Wildman–Crippen MR) is 80.7 cm³/mol. The van der Waals surface area contributed by atoms with E-state index in [1.54, 1.807) is 4.31 Å². The zero-order valence-corrected chi connectivity index (χ0v) is 13.8. The number of aromatic nitrogens is 2. The van der Waals surface area contributed by atoms with E-state index < -0.39 is 10.0 Å². The SMILES string of the molecule is CCOC[C@H]1CCCN(S(=O)(=O)c2cnc(C(C)C)[nH]2)C1. The number of ether oxygens (including phenoxy) is 1. The molecule has 1 aliphatic heterocycles. The second kappa shape index (κ2) is 6.89. The molecule has 120 valence electrons. The molecule has 1 aromatic rings. The number of piperidine rings is 1. The van der Waals surface area contributed by atoms with Crippen LogP contribution in [0.3, 0.4) is 0 Å². The monoisotopic (exact) mass is 315 g/mol. The van der Waals surface area contributed by atoms with Gasteiger partial charge in [0.15, 0.2) is 5.03 Å². The van der Waals surface area contributed by atoms with Crippen LogP contribution in [0.5, 0.6) is 0 Å². The molecule has 1 fully saturated rings. The van der Waals surface area contributed by atoms with Gasteiger partial charge in [-0.05, 0) is 25.7 Å². The molecule has 1 aliphatic rings. The number of hydrogen-bond acceptors (Lipinski definition) is 4. The van der Waals surface area contributed by atoms with Gasteiger partial charge in [0.1, 0.15) is 5.82 Å². The van der Waals surface area contributed by atoms with Crippen molar-refractivity contribution in [3.63, 3.8) is 0 Å². The number of nitrogens with one attached hydrogen (secondary N) is 1. The van der Waals surface area contributed by atoms with Crippen LogP contribution in [0.1, 0.15) is 45.4 Å². The van der Waals surface area contributed by atoms with Crippen molar-refractivity contribution in [2.45, 2.75) is 44.6 Å². The lowest BCUT2D eigenvalue weighted by Crippen LogP contribution is -2.41. The van der Waals surface area contributed by atoms with E-state index in [1.165, 1.54) is 6.20 Å². The van der Waals surface area contributed by atoms with Gasteiger partial charge in [0.05, 0.1) is 12.8 Å². The maximum Gasteiger partial charge on any atom is 0.260 e.